The molecular formula is C27H36BrFN4O2. The molecule has 0 saturated carbocycles. The Bertz CT molecular complexity index is 1020. The van der Waals surface area contributed by atoms with E-state index >= 15 is 0 Å². The smallest absolute Gasteiger partial charge is 0.258 e. The van der Waals surface area contributed by atoms with Crippen LogP contribution in [0.2, 0.25) is 0 Å². The van der Waals surface area contributed by atoms with Crippen LogP contribution in [-0.4, -0.2) is 50.1 Å². The summed E-state index contributed by atoms with van der Waals surface area (Å²) in [5, 5.41) is 13.8. The molecule has 1 heterocycles. The van der Waals surface area contributed by atoms with E-state index in [0.717, 1.165) is 48.3 Å². The quantitative estimate of drug-likeness (QED) is 0.305. The molecule has 0 aromatic heterocycles. The third-order valence-electron chi connectivity index (χ3n) is 6.39. The molecule has 0 aliphatic carbocycles. The molecule has 3 N–H and O–H groups in total. The van der Waals surface area contributed by atoms with Crippen molar-refractivity contribution in [3.63, 3.8) is 0 Å². The molecule has 190 valence electrons. The first kappa shape index (κ1) is 27.1. The minimum atomic E-state index is -0.482. The summed E-state index contributed by atoms with van der Waals surface area (Å²) >= 11 is 3.46. The van der Waals surface area contributed by atoms with Gasteiger partial charge >= 0.3 is 0 Å². The van der Waals surface area contributed by atoms with Crippen molar-refractivity contribution in [3.8, 4) is 5.75 Å². The average molecular weight is 548 g/mol. The highest BCUT2D eigenvalue weighted by atomic mass is 79.9. The fourth-order valence-electron chi connectivity index (χ4n) is 4.59. The Morgan fingerprint density at radius 1 is 1.23 bits per heavy atom. The van der Waals surface area contributed by atoms with Gasteiger partial charge in [-0.25, -0.2) is 4.39 Å². The molecule has 6 nitrogen and oxygen atoms in total. The zero-order chi connectivity index (χ0) is 25.4. The highest BCUT2D eigenvalue weighted by molar-refractivity contribution is 9.10. The molecule has 0 spiro atoms. The van der Waals surface area contributed by atoms with Gasteiger partial charge in [0.1, 0.15) is 11.6 Å². The predicted octanol–water partition coefficient (Wildman–Crippen LogP) is 5.00. The lowest BCUT2D eigenvalue weighted by Crippen LogP contribution is -2.44. The van der Waals surface area contributed by atoms with Crippen LogP contribution in [-0.2, 0) is 12.8 Å². The van der Waals surface area contributed by atoms with Crippen LogP contribution in [0.4, 0.5) is 4.39 Å². The number of hydrogen-bond donors (Lipinski definition) is 3. The van der Waals surface area contributed by atoms with Gasteiger partial charge in [0.15, 0.2) is 5.96 Å². The molecule has 2 aromatic carbocycles. The van der Waals surface area contributed by atoms with E-state index in [1.165, 1.54) is 12.1 Å². The van der Waals surface area contributed by atoms with Crippen LogP contribution in [0.1, 0.15) is 48.2 Å². The molecular weight excluding hydrogens is 511 g/mol. The van der Waals surface area contributed by atoms with Crippen LogP contribution in [0.3, 0.4) is 0 Å². The molecule has 8 heteroatoms. The Morgan fingerprint density at radius 2 is 1.97 bits per heavy atom. The second kappa shape index (κ2) is 13.0. The molecule has 0 unspecified atom stereocenters. The van der Waals surface area contributed by atoms with Gasteiger partial charge < -0.3 is 15.0 Å². The lowest BCUT2D eigenvalue weighted by atomic mass is 9.96. The summed E-state index contributed by atoms with van der Waals surface area (Å²) in [7, 11) is 1.60. The Morgan fingerprint density at radius 3 is 2.66 bits per heavy atom. The van der Waals surface area contributed by atoms with Crippen molar-refractivity contribution < 1.29 is 13.9 Å². The SMILES string of the molecule is COc1ccc(Br)cc1CCc1c(F)cccc1C(=O)NC(=N)NCC1CCN(CC(C)C)CC1. The number of amides is 1. The number of carbonyl (C=O) groups is 1. The van der Waals surface area contributed by atoms with E-state index in [9.17, 15) is 9.18 Å². The maximum atomic E-state index is 14.7. The van der Waals surface area contributed by atoms with Crippen molar-refractivity contribution in [2.24, 2.45) is 11.8 Å². The predicted molar refractivity (Wildman–Crippen MR) is 142 cm³/mol. The number of piperidine rings is 1. The van der Waals surface area contributed by atoms with E-state index in [1.807, 2.05) is 18.2 Å². The zero-order valence-corrected chi connectivity index (χ0v) is 22.4. The summed E-state index contributed by atoms with van der Waals surface area (Å²) in [5.41, 5.74) is 1.50. The molecule has 1 fully saturated rings. The third kappa shape index (κ3) is 8.04. The lowest BCUT2D eigenvalue weighted by molar-refractivity contribution is 0.0973. The first-order valence-electron chi connectivity index (χ1n) is 12.2. The third-order valence-corrected chi connectivity index (χ3v) is 6.88. The molecule has 1 aliphatic rings. The first-order valence-corrected chi connectivity index (χ1v) is 13.0. The number of halogens is 2. The zero-order valence-electron chi connectivity index (χ0n) is 20.8. The van der Waals surface area contributed by atoms with Gasteiger partial charge in [-0.1, -0.05) is 35.8 Å². The Labute approximate surface area is 216 Å². The van der Waals surface area contributed by atoms with Crippen LogP contribution >= 0.6 is 15.9 Å². The van der Waals surface area contributed by atoms with Crippen LogP contribution in [0.5, 0.6) is 5.75 Å². The van der Waals surface area contributed by atoms with Gasteiger partial charge in [-0.3, -0.25) is 15.5 Å². The molecule has 0 bridgehead atoms. The van der Waals surface area contributed by atoms with E-state index in [4.69, 9.17) is 10.1 Å². The molecule has 3 rings (SSSR count). The monoisotopic (exact) mass is 546 g/mol. The van der Waals surface area contributed by atoms with Crippen molar-refractivity contribution in [1.82, 2.24) is 15.5 Å². The van der Waals surface area contributed by atoms with Gasteiger partial charge in [-0.05, 0) is 86.5 Å². The Hall–Kier alpha value is -2.45. The molecule has 1 saturated heterocycles. The van der Waals surface area contributed by atoms with Gasteiger partial charge in [0, 0.05) is 28.7 Å². The highest BCUT2D eigenvalue weighted by Crippen LogP contribution is 2.26. The number of aryl methyl sites for hydroxylation is 1. The first-order chi connectivity index (χ1) is 16.8. The van der Waals surface area contributed by atoms with E-state index in [2.05, 4.69) is 45.3 Å². The van der Waals surface area contributed by atoms with Gasteiger partial charge in [0.25, 0.3) is 5.91 Å². The number of nitrogens with one attached hydrogen (secondary N) is 3. The summed E-state index contributed by atoms with van der Waals surface area (Å²) in [4.78, 5) is 15.4. The Balaban J connectivity index is 1.55. The normalized spacial score (nSPS) is 14.7. The number of benzene rings is 2. The number of methoxy groups -OCH3 is 1. The standard InChI is InChI=1S/C27H36BrFN4O2/c1-18(2)17-33-13-11-19(12-14-33)16-31-27(30)32-26(34)23-5-4-6-24(29)22(23)9-7-20-15-21(28)8-10-25(20)35-3/h4-6,8,10,15,18-19H,7,9,11-14,16-17H2,1-3H3,(H3,30,31,32,34). The summed E-state index contributed by atoms with van der Waals surface area (Å²) in [6, 6.07) is 10.2. The summed E-state index contributed by atoms with van der Waals surface area (Å²) in [6.45, 7) is 8.38. The topological polar surface area (TPSA) is 77.4 Å². The van der Waals surface area contributed by atoms with Crippen molar-refractivity contribution in [1.29, 1.82) is 5.41 Å². The van der Waals surface area contributed by atoms with Crippen LogP contribution in [0, 0.1) is 23.1 Å². The highest BCUT2D eigenvalue weighted by Gasteiger charge is 2.21. The summed E-state index contributed by atoms with van der Waals surface area (Å²) in [5.74, 6) is 0.891. The van der Waals surface area contributed by atoms with E-state index in [0.29, 0.717) is 36.8 Å². The summed E-state index contributed by atoms with van der Waals surface area (Å²) < 4.78 is 21.0. The van der Waals surface area contributed by atoms with Crippen molar-refractivity contribution in [2.75, 3.05) is 33.3 Å². The second-order valence-electron chi connectivity index (χ2n) is 9.57. The van der Waals surface area contributed by atoms with Crippen LogP contribution in [0.15, 0.2) is 40.9 Å². The van der Waals surface area contributed by atoms with E-state index in [1.54, 1.807) is 13.2 Å². The maximum Gasteiger partial charge on any atom is 0.258 e. The second-order valence-corrected chi connectivity index (χ2v) is 10.5. The molecule has 1 amide bonds. The van der Waals surface area contributed by atoms with Gasteiger partial charge in [0.2, 0.25) is 0 Å². The number of ether oxygens (including phenoxy) is 1. The number of guanidine groups is 1. The van der Waals surface area contributed by atoms with Crippen molar-refractivity contribution in [3.05, 3.63) is 63.4 Å². The number of rotatable bonds is 9. The Kier molecular flexibility index (Phi) is 10.1. The fraction of sp³-hybridized carbons (Fsp3) is 0.481. The largest absolute Gasteiger partial charge is 0.496 e. The number of likely N-dealkylation sites (tertiary alicyclic amines) is 1. The number of hydrogen-bond acceptors (Lipinski definition) is 4. The average Bonchev–Trinajstić information content (AvgIpc) is 2.82. The van der Waals surface area contributed by atoms with Gasteiger partial charge in [0.05, 0.1) is 7.11 Å². The van der Waals surface area contributed by atoms with E-state index < -0.39 is 11.7 Å². The van der Waals surface area contributed by atoms with Crippen LogP contribution < -0.4 is 15.4 Å². The molecule has 0 atom stereocenters. The summed E-state index contributed by atoms with van der Waals surface area (Å²) in [6.07, 6.45) is 3.00. The molecule has 0 radical (unpaired) electrons. The molecule has 2 aromatic rings. The molecule has 1 aliphatic heterocycles. The number of nitrogens with zero attached hydrogens (tertiary/aromatic N) is 1. The van der Waals surface area contributed by atoms with Gasteiger partial charge in [-0.2, -0.15) is 0 Å². The fourth-order valence-corrected chi connectivity index (χ4v) is 5.00. The number of carbonyl (C=O) groups excluding carboxylic acids is 1. The van der Waals surface area contributed by atoms with Crippen LogP contribution in [0.25, 0.3) is 0 Å². The van der Waals surface area contributed by atoms with Crippen molar-refractivity contribution >= 4 is 27.8 Å². The van der Waals surface area contributed by atoms with Gasteiger partial charge in [-0.15, -0.1) is 0 Å². The maximum absolute atomic E-state index is 14.7. The minimum Gasteiger partial charge on any atom is -0.496 e. The van der Waals surface area contributed by atoms with Crippen molar-refractivity contribution in [2.45, 2.75) is 39.5 Å². The molecule has 35 heavy (non-hydrogen) atoms. The lowest BCUT2D eigenvalue weighted by Gasteiger charge is -2.33. The van der Waals surface area contributed by atoms with E-state index in [-0.39, 0.29) is 11.5 Å². The minimum absolute atomic E-state index is 0.0523.